The van der Waals surface area contributed by atoms with E-state index in [1.165, 1.54) is 57.8 Å². The zero-order valence-corrected chi connectivity index (χ0v) is 42.1. The number of hydrogen-bond acceptors (Lipinski definition) is 15. The van der Waals surface area contributed by atoms with Crippen LogP contribution < -0.4 is 34.3 Å². The highest BCUT2D eigenvalue weighted by molar-refractivity contribution is 6.34. The number of halogens is 3. The number of carbonyl (C=O) groups is 4. The van der Waals surface area contributed by atoms with Crippen molar-refractivity contribution in [2.75, 3.05) is 47.1 Å². The molecule has 1 unspecified atom stereocenters. The maximum Gasteiger partial charge on any atom is 0.324 e. The van der Waals surface area contributed by atoms with Crippen molar-refractivity contribution in [3.8, 4) is 40.4 Å². The van der Waals surface area contributed by atoms with Gasteiger partial charge in [0.2, 0.25) is 11.8 Å². The number of aryl methyl sites for hydroxylation is 2. The first-order valence-electron chi connectivity index (χ1n) is 23.3. The van der Waals surface area contributed by atoms with Crippen molar-refractivity contribution in [2.45, 2.75) is 52.2 Å². The SMILES string of the molecule is COc1cc2c(Cl)ncnc2cc1OCCCN1C(=O)CNC1=O.COc1cc2c(Oc3ccc4[nH]c(C)cc4c3F)ncnc2cc1OCCCN1C(=O)NC(C(C)(C)O)C1=O.Cc1cc2c(F)c(O)ccc2[nH]1. The average Bonchev–Trinajstić information content (AvgIpc) is 4.14. The number of hydrogen-bond donors (Lipinski definition) is 6. The van der Waals surface area contributed by atoms with Gasteiger partial charge in [0.25, 0.3) is 5.91 Å². The van der Waals surface area contributed by atoms with Crippen LogP contribution in [0.2, 0.25) is 5.15 Å². The highest BCUT2D eigenvalue weighted by Crippen LogP contribution is 2.38. The quantitative estimate of drug-likeness (QED) is 0.0325. The van der Waals surface area contributed by atoms with Gasteiger partial charge in [-0.2, -0.15) is 0 Å². The third-order valence-electron chi connectivity index (χ3n) is 11.9. The Bertz CT molecular complexity index is 3460. The number of amides is 6. The summed E-state index contributed by atoms with van der Waals surface area (Å²) >= 11 is 6.04. The molecule has 2 saturated heterocycles. The van der Waals surface area contributed by atoms with Crippen molar-refractivity contribution in [2.24, 2.45) is 0 Å². The predicted molar refractivity (Wildman–Crippen MR) is 271 cm³/mol. The van der Waals surface area contributed by atoms with E-state index < -0.39 is 35.2 Å². The summed E-state index contributed by atoms with van der Waals surface area (Å²) < 4.78 is 56.5. The van der Waals surface area contributed by atoms with Crippen LogP contribution in [0.4, 0.5) is 18.4 Å². The van der Waals surface area contributed by atoms with Crippen LogP contribution in [0, 0.1) is 25.5 Å². The Morgan fingerprint density at radius 3 is 1.83 bits per heavy atom. The molecular weight excluding hydrogens is 1000 g/mol. The second kappa shape index (κ2) is 22.3. The van der Waals surface area contributed by atoms with Gasteiger partial charge in [0.15, 0.2) is 46.1 Å². The Labute approximate surface area is 431 Å². The summed E-state index contributed by atoms with van der Waals surface area (Å²) in [5, 5.41) is 26.5. The number of aromatic nitrogens is 6. The van der Waals surface area contributed by atoms with Crippen LogP contribution in [0.3, 0.4) is 0 Å². The van der Waals surface area contributed by atoms with E-state index in [0.29, 0.717) is 97.8 Å². The highest BCUT2D eigenvalue weighted by Gasteiger charge is 2.45. The van der Waals surface area contributed by atoms with Crippen molar-refractivity contribution in [3.05, 3.63) is 101 Å². The van der Waals surface area contributed by atoms with Crippen molar-refractivity contribution in [1.29, 1.82) is 0 Å². The van der Waals surface area contributed by atoms with E-state index in [0.717, 1.165) is 16.3 Å². The van der Waals surface area contributed by atoms with E-state index in [-0.39, 0.29) is 49.0 Å². The Kier molecular flexibility index (Phi) is 15.7. The standard InChI is InChI=1S/C27H28FN5O6.C15H15ClN4O4.C9H8FNO/c1-14-10-15-17(31-14)6-7-19(22(15)28)39-24-16-11-20(37-4)21(12-18(16)29-13-30-24)38-9-5-8-33-25(34)23(27(2,3)36)32-26(33)35;1-23-11-5-9-10(18-8-19-14(9)16)6-12(11)24-4-2-3-20-13(21)7-17-15(20)22;1-5-4-6-7(11-5)2-3-8(12)9(6)10/h6-7,10-13,23,31,36H,5,8-9H2,1-4H3,(H,32,35);5-6,8H,2-4,7H2,1H3,(H,17,22);2-4,11-12H,1H3. The molecule has 6 N–H and O–H groups in total. The number of nitrogens with one attached hydrogen (secondary N) is 4. The molecule has 0 saturated carbocycles. The average molecular weight is 1050 g/mol. The number of carbonyl (C=O) groups excluding carboxylic acids is 4. The number of aliphatic hydroxyl groups is 1. The number of imide groups is 2. The molecule has 4 aromatic heterocycles. The molecule has 2 fully saturated rings. The molecule has 0 bridgehead atoms. The molecule has 392 valence electrons. The number of phenols is 1. The Balaban J connectivity index is 0.000000174. The van der Waals surface area contributed by atoms with Crippen LogP contribution in [-0.2, 0) is 9.59 Å². The van der Waals surface area contributed by atoms with Crippen LogP contribution in [0.1, 0.15) is 38.1 Å². The Morgan fingerprint density at radius 1 is 0.693 bits per heavy atom. The highest BCUT2D eigenvalue weighted by atomic mass is 35.5. The molecule has 6 heterocycles. The molecule has 2 aliphatic rings. The van der Waals surface area contributed by atoms with Crippen molar-refractivity contribution < 1.29 is 61.9 Å². The molecule has 0 spiro atoms. The molecule has 24 heteroatoms. The summed E-state index contributed by atoms with van der Waals surface area (Å²) in [4.78, 5) is 72.4. The van der Waals surface area contributed by atoms with Crippen molar-refractivity contribution in [1.82, 2.24) is 50.3 Å². The number of phenolic OH excluding ortho intramolecular Hbond substituents is 1. The van der Waals surface area contributed by atoms with Gasteiger partial charge in [-0.25, -0.2) is 38.3 Å². The maximum atomic E-state index is 15.1. The minimum Gasteiger partial charge on any atom is -0.505 e. The number of ether oxygens (including phenoxy) is 5. The molecule has 6 amide bonds. The fourth-order valence-electron chi connectivity index (χ4n) is 8.17. The van der Waals surface area contributed by atoms with Gasteiger partial charge < -0.3 is 54.5 Å². The van der Waals surface area contributed by atoms with Crippen LogP contribution in [0.25, 0.3) is 43.6 Å². The summed E-state index contributed by atoms with van der Waals surface area (Å²) in [7, 11) is 3.00. The number of benzene rings is 4. The lowest BCUT2D eigenvalue weighted by Crippen LogP contribution is -2.48. The molecule has 21 nitrogen and oxygen atoms in total. The zero-order valence-electron chi connectivity index (χ0n) is 41.3. The van der Waals surface area contributed by atoms with E-state index in [9.17, 15) is 28.7 Å². The van der Waals surface area contributed by atoms with Crippen LogP contribution in [-0.4, -0.2) is 133 Å². The van der Waals surface area contributed by atoms with E-state index in [1.807, 2.05) is 13.8 Å². The molecule has 4 aromatic carbocycles. The normalized spacial score (nSPS) is 14.5. The third-order valence-corrected chi connectivity index (χ3v) is 12.2. The topological polar surface area (TPSA) is 269 Å². The van der Waals surface area contributed by atoms with Crippen LogP contribution in [0.5, 0.6) is 40.4 Å². The molecule has 8 aromatic rings. The molecule has 10 rings (SSSR count). The van der Waals surface area contributed by atoms with Gasteiger partial charge in [0.1, 0.15) is 23.8 Å². The van der Waals surface area contributed by atoms with E-state index in [4.69, 9.17) is 40.4 Å². The molecule has 0 radical (unpaired) electrons. The lowest BCUT2D eigenvalue weighted by atomic mass is 9.99. The number of fused-ring (bicyclic) bond motifs is 4. The second-order valence-corrected chi connectivity index (χ2v) is 18.1. The summed E-state index contributed by atoms with van der Waals surface area (Å²) in [5.41, 5.74) is 2.84. The van der Waals surface area contributed by atoms with Gasteiger partial charge >= 0.3 is 12.1 Å². The van der Waals surface area contributed by atoms with Gasteiger partial charge in [-0.15, -0.1) is 0 Å². The Hall–Kier alpha value is -8.57. The fourth-order valence-corrected chi connectivity index (χ4v) is 8.36. The van der Waals surface area contributed by atoms with Gasteiger partial charge in [-0.05, 0) is 89.1 Å². The van der Waals surface area contributed by atoms with Crippen molar-refractivity contribution >= 4 is 79.1 Å². The fraction of sp³-hybridized carbons (Fsp3) is 0.294. The maximum absolute atomic E-state index is 15.1. The zero-order chi connectivity index (χ0) is 53.7. The Morgan fingerprint density at radius 2 is 1.25 bits per heavy atom. The molecular formula is C51H51ClF2N10O11. The first-order valence-corrected chi connectivity index (χ1v) is 23.6. The minimum atomic E-state index is -1.37. The van der Waals surface area contributed by atoms with Gasteiger partial charge in [-0.1, -0.05) is 11.6 Å². The van der Waals surface area contributed by atoms with Gasteiger partial charge in [0, 0.05) is 63.8 Å². The summed E-state index contributed by atoms with van der Waals surface area (Å²) in [6.45, 7) is 7.58. The number of nitrogens with zero attached hydrogens (tertiary/aromatic N) is 6. The van der Waals surface area contributed by atoms with Gasteiger partial charge in [-0.3, -0.25) is 19.4 Å². The summed E-state index contributed by atoms with van der Waals surface area (Å²) in [5.74, 6) is -0.132. The predicted octanol–water partition coefficient (Wildman–Crippen LogP) is 7.75. The first kappa shape index (κ1) is 52.7. The van der Waals surface area contributed by atoms with E-state index >= 15 is 4.39 Å². The minimum absolute atomic E-state index is 0.0214. The monoisotopic (exact) mass is 1050 g/mol. The van der Waals surface area contributed by atoms with Crippen LogP contribution in [0.15, 0.2) is 73.3 Å². The lowest BCUT2D eigenvalue weighted by Gasteiger charge is -2.23. The molecule has 2 aliphatic heterocycles. The molecule has 0 aliphatic carbocycles. The number of rotatable bonds is 15. The van der Waals surface area contributed by atoms with E-state index in [2.05, 4.69) is 40.5 Å². The number of H-pyrrole nitrogens is 2. The number of urea groups is 2. The lowest BCUT2D eigenvalue weighted by molar-refractivity contribution is -0.132. The largest absolute Gasteiger partial charge is 0.505 e. The second-order valence-electron chi connectivity index (χ2n) is 17.7. The van der Waals surface area contributed by atoms with Crippen LogP contribution >= 0.6 is 11.6 Å². The van der Waals surface area contributed by atoms with E-state index in [1.54, 1.807) is 48.5 Å². The number of aromatic amines is 2. The first-order chi connectivity index (χ1) is 35.8. The summed E-state index contributed by atoms with van der Waals surface area (Å²) in [6, 6.07) is 14.4. The molecule has 75 heavy (non-hydrogen) atoms. The van der Waals surface area contributed by atoms with Crippen molar-refractivity contribution in [3.63, 3.8) is 0 Å². The molecule has 1 atom stereocenters. The van der Waals surface area contributed by atoms with Gasteiger partial charge in [0.05, 0.1) is 56.0 Å². The number of aromatic hydroxyl groups is 1. The number of methoxy groups -OCH3 is 2. The third kappa shape index (κ3) is 11.6. The summed E-state index contributed by atoms with van der Waals surface area (Å²) in [6.07, 6.45) is 3.53. The smallest absolute Gasteiger partial charge is 0.324 e.